The van der Waals surface area contributed by atoms with Crippen molar-refractivity contribution in [3.05, 3.63) is 17.5 Å². The molecule has 2 aliphatic heterocycles. The van der Waals surface area contributed by atoms with Crippen LogP contribution in [0.1, 0.15) is 57.4 Å². The molecule has 0 aromatic carbocycles. The zero-order valence-electron chi connectivity index (χ0n) is 15.7. The fourth-order valence-electron chi connectivity index (χ4n) is 4.06. The van der Waals surface area contributed by atoms with Gasteiger partial charge in [0.1, 0.15) is 0 Å². The molecule has 5 heteroatoms. The van der Waals surface area contributed by atoms with Crippen LogP contribution in [0.4, 0.5) is 0 Å². The molecule has 0 aliphatic carbocycles. The summed E-state index contributed by atoms with van der Waals surface area (Å²) in [5, 5.41) is 4.32. The van der Waals surface area contributed by atoms with E-state index in [0.29, 0.717) is 12.5 Å². The maximum atomic E-state index is 13.2. The highest BCUT2D eigenvalue weighted by Gasteiger charge is 2.41. The number of amides is 1. The third-order valence-corrected chi connectivity index (χ3v) is 5.95. The zero-order valence-corrected chi connectivity index (χ0v) is 15.7. The molecule has 1 aromatic rings. The van der Waals surface area contributed by atoms with Crippen LogP contribution in [0.15, 0.2) is 6.20 Å². The van der Waals surface area contributed by atoms with Gasteiger partial charge in [0.05, 0.1) is 18.2 Å². The van der Waals surface area contributed by atoms with Crippen LogP contribution in [0, 0.1) is 24.2 Å². The van der Waals surface area contributed by atoms with E-state index in [4.69, 9.17) is 4.74 Å². The lowest BCUT2D eigenvalue weighted by Gasteiger charge is -2.40. The van der Waals surface area contributed by atoms with Crippen molar-refractivity contribution in [1.82, 2.24) is 14.7 Å². The molecule has 1 unspecified atom stereocenters. The molecule has 0 bridgehead atoms. The Hall–Kier alpha value is -1.36. The van der Waals surface area contributed by atoms with Gasteiger partial charge in [0.2, 0.25) is 5.91 Å². The topological polar surface area (TPSA) is 47.4 Å². The Morgan fingerprint density at radius 2 is 2.08 bits per heavy atom. The Labute approximate surface area is 145 Å². The summed E-state index contributed by atoms with van der Waals surface area (Å²) in [4.78, 5) is 15.3. The van der Waals surface area contributed by atoms with E-state index in [0.717, 1.165) is 37.2 Å². The number of ether oxygens (including phenoxy) is 1. The van der Waals surface area contributed by atoms with Gasteiger partial charge >= 0.3 is 0 Å². The van der Waals surface area contributed by atoms with Gasteiger partial charge in [-0.1, -0.05) is 20.8 Å². The average Bonchev–Trinajstić information content (AvgIpc) is 3.14. The minimum atomic E-state index is -0.138. The van der Waals surface area contributed by atoms with Gasteiger partial charge < -0.3 is 9.64 Å². The van der Waals surface area contributed by atoms with E-state index in [1.54, 1.807) is 0 Å². The van der Waals surface area contributed by atoms with Crippen molar-refractivity contribution in [3.63, 3.8) is 0 Å². The fourth-order valence-corrected chi connectivity index (χ4v) is 4.06. The molecular formula is C19H31N3O2. The van der Waals surface area contributed by atoms with Crippen molar-refractivity contribution >= 4 is 5.91 Å². The number of aryl methyl sites for hydroxylation is 1. The summed E-state index contributed by atoms with van der Waals surface area (Å²) in [6.45, 7) is 11.3. The number of rotatable bonds is 2. The molecule has 3 rings (SSSR count). The van der Waals surface area contributed by atoms with E-state index < -0.39 is 0 Å². The van der Waals surface area contributed by atoms with Crippen LogP contribution >= 0.6 is 0 Å². The quantitative estimate of drug-likeness (QED) is 0.835. The van der Waals surface area contributed by atoms with Gasteiger partial charge in [0, 0.05) is 38.0 Å². The summed E-state index contributed by atoms with van der Waals surface area (Å²) in [7, 11) is 1.93. The molecule has 1 aromatic heterocycles. The smallest absolute Gasteiger partial charge is 0.228 e. The van der Waals surface area contributed by atoms with Gasteiger partial charge in [-0.2, -0.15) is 5.10 Å². The van der Waals surface area contributed by atoms with Crippen LogP contribution in [0.2, 0.25) is 0 Å². The Balaban J connectivity index is 1.75. The van der Waals surface area contributed by atoms with Crippen LogP contribution in [0.3, 0.4) is 0 Å². The molecular weight excluding hydrogens is 302 g/mol. The number of nitrogens with zero attached hydrogens (tertiary/aromatic N) is 3. The maximum Gasteiger partial charge on any atom is 0.228 e. The highest BCUT2D eigenvalue weighted by Crippen LogP contribution is 2.39. The molecule has 5 nitrogen and oxygen atoms in total. The summed E-state index contributed by atoms with van der Waals surface area (Å²) in [6.07, 6.45) is 4.87. The van der Waals surface area contributed by atoms with Crippen LogP contribution in [-0.2, 0) is 16.6 Å². The summed E-state index contributed by atoms with van der Waals surface area (Å²) in [5.74, 6) is 0.789. The first kappa shape index (κ1) is 17.5. The first-order chi connectivity index (χ1) is 11.3. The predicted octanol–water partition coefficient (Wildman–Crippen LogP) is 3.09. The fraction of sp³-hybridized carbons (Fsp3) is 0.789. The number of piperidine rings is 1. The van der Waals surface area contributed by atoms with E-state index in [2.05, 4.69) is 30.8 Å². The second-order valence-corrected chi connectivity index (χ2v) is 8.48. The van der Waals surface area contributed by atoms with Crippen LogP contribution in [0.25, 0.3) is 0 Å². The molecule has 1 amide bonds. The first-order valence-corrected chi connectivity index (χ1v) is 9.18. The Morgan fingerprint density at radius 1 is 1.33 bits per heavy atom. The average molecular weight is 333 g/mol. The second-order valence-electron chi connectivity index (χ2n) is 8.48. The minimum absolute atomic E-state index is 0.0633. The number of aromatic nitrogens is 2. The molecule has 3 atom stereocenters. The van der Waals surface area contributed by atoms with E-state index in [9.17, 15) is 4.79 Å². The lowest BCUT2D eigenvalue weighted by Crippen LogP contribution is -2.46. The Bertz CT molecular complexity index is 602. The minimum Gasteiger partial charge on any atom is -0.373 e. The van der Waals surface area contributed by atoms with E-state index >= 15 is 0 Å². The Morgan fingerprint density at radius 3 is 2.71 bits per heavy atom. The number of likely N-dealkylation sites (tertiary alicyclic amines) is 1. The summed E-state index contributed by atoms with van der Waals surface area (Å²) < 4.78 is 7.81. The molecule has 0 radical (unpaired) electrons. The number of carbonyl (C=O) groups is 1. The van der Waals surface area contributed by atoms with Crippen molar-refractivity contribution in [2.45, 2.75) is 53.1 Å². The predicted molar refractivity (Wildman–Crippen MR) is 93.5 cm³/mol. The van der Waals surface area contributed by atoms with Crippen LogP contribution in [-0.4, -0.2) is 40.3 Å². The van der Waals surface area contributed by atoms with Crippen LogP contribution in [0.5, 0.6) is 0 Å². The van der Waals surface area contributed by atoms with Crippen molar-refractivity contribution < 1.29 is 9.53 Å². The molecule has 2 aliphatic rings. The number of hydrogen-bond donors (Lipinski definition) is 0. The number of carbonyl (C=O) groups excluding carboxylic acids is 1. The monoisotopic (exact) mass is 333 g/mol. The molecule has 2 fully saturated rings. The molecule has 0 spiro atoms. The lowest BCUT2D eigenvalue weighted by atomic mass is 9.76. The second kappa shape index (κ2) is 6.51. The van der Waals surface area contributed by atoms with Crippen LogP contribution < -0.4 is 0 Å². The van der Waals surface area contributed by atoms with Gasteiger partial charge in [0.15, 0.2) is 0 Å². The molecule has 2 saturated heterocycles. The molecule has 134 valence electrons. The molecule has 0 saturated carbocycles. The summed E-state index contributed by atoms with van der Waals surface area (Å²) in [6, 6.07) is 0. The van der Waals surface area contributed by atoms with Crippen molar-refractivity contribution in [2.75, 3.05) is 19.7 Å². The lowest BCUT2D eigenvalue weighted by molar-refractivity contribution is -0.140. The largest absolute Gasteiger partial charge is 0.373 e. The van der Waals surface area contributed by atoms with E-state index in [1.807, 2.05) is 24.9 Å². The van der Waals surface area contributed by atoms with Crippen molar-refractivity contribution in [3.8, 4) is 0 Å². The van der Waals surface area contributed by atoms with E-state index in [1.165, 1.54) is 6.42 Å². The zero-order chi connectivity index (χ0) is 17.5. The Kier molecular flexibility index (Phi) is 4.73. The molecule has 0 N–H and O–H groups in total. The van der Waals surface area contributed by atoms with Gasteiger partial charge in [-0.05, 0) is 37.5 Å². The maximum absolute atomic E-state index is 13.2. The van der Waals surface area contributed by atoms with E-state index in [-0.39, 0.29) is 23.3 Å². The highest BCUT2D eigenvalue weighted by molar-refractivity contribution is 5.80. The highest BCUT2D eigenvalue weighted by atomic mass is 16.5. The molecule has 24 heavy (non-hydrogen) atoms. The standard InChI is InChI=1S/C19H31N3O2/c1-13-16(11-20-21(13)5)17-15(8-10-24-17)18(23)22-9-6-7-14(12-22)19(2,3)4/h11,14-15,17H,6-10,12H2,1-5H3/t14?,15-,17-/m0/s1. The van der Waals surface area contributed by atoms with Gasteiger partial charge in [0.25, 0.3) is 0 Å². The first-order valence-electron chi connectivity index (χ1n) is 9.18. The van der Waals surface area contributed by atoms with Crippen molar-refractivity contribution in [2.24, 2.45) is 24.3 Å². The normalized spacial score (nSPS) is 28.4. The van der Waals surface area contributed by atoms with Gasteiger partial charge in [-0.15, -0.1) is 0 Å². The summed E-state index contributed by atoms with van der Waals surface area (Å²) in [5.41, 5.74) is 2.41. The van der Waals surface area contributed by atoms with Crippen molar-refractivity contribution in [1.29, 1.82) is 0 Å². The summed E-state index contributed by atoms with van der Waals surface area (Å²) >= 11 is 0. The number of hydrogen-bond acceptors (Lipinski definition) is 3. The molecule has 3 heterocycles. The SMILES string of the molecule is Cc1c([C@H]2OCC[C@@H]2C(=O)N2CCCC(C(C)(C)C)C2)cnn1C. The van der Waals surface area contributed by atoms with Gasteiger partial charge in [-0.3, -0.25) is 9.48 Å². The third kappa shape index (κ3) is 3.23. The van der Waals surface area contributed by atoms with Gasteiger partial charge in [-0.25, -0.2) is 0 Å². The third-order valence-electron chi connectivity index (χ3n) is 5.95.